The van der Waals surface area contributed by atoms with Gasteiger partial charge in [-0.3, -0.25) is 10.1 Å². The summed E-state index contributed by atoms with van der Waals surface area (Å²) < 4.78 is 42.5. The van der Waals surface area contributed by atoms with Crippen LogP contribution in [0, 0.1) is 22.9 Å². The molecule has 0 amide bonds. The second-order valence-electron chi connectivity index (χ2n) is 7.95. The third-order valence-electron chi connectivity index (χ3n) is 5.83. The molecular formula is C21H19FN8O4S. The van der Waals surface area contributed by atoms with Crippen LogP contribution in [0.5, 0.6) is 0 Å². The molecule has 1 fully saturated rings. The highest BCUT2D eigenvalue weighted by Gasteiger charge is 2.32. The number of non-ortho nitro benzene ring substituents is 1. The average Bonchev–Trinajstić information content (AvgIpc) is 3.29. The van der Waals surface area contributed by atoms with Gasteiger partial charge in [-0.25, -0.2) is 22.8 Å². The monoisotopic (exact) mass is 498 g/mol. The summed E-state index contributed by atoms with van der Waals surface area (Å²) in [6, 6.07) is 9.56. The Bertz CT molecular complexity index is 1530. The number of hydrogen-bond donors (Lipinski definition) is 0. The number of benzene rings is 2. The van der Waals surface area contributed by atoms with Crippen LogP contribution in [-0.4, -0.2) is 68.8 Å². The first-order valence-electron chi connectivity index (χ1n) is 10.6. The summed E-state index contributed by atoms with van der Waals surface area (Å²) in [5.74, 6) is 0.133. The second kappa shape index (κ2) is 8.63. The van der Waals surface area contributed by atoms with Gasteiger partial charge in [-0.15, -0.1) is 5.10 Å². The number of fused-ring (bicyclic) bond motifs is 1. The predicted octanol–water partition coefficient (Wildman–Crippen LogP) is 2.08. The van der Waals surface area contributed by atoms with E-state index in [2.05, 4.69) is 20.3 Å². The van der Waals surface area contributed by atoms with Gasteiger partial charge in [0.1, 0.15) is 12.1 Å². The van der Waals surface area contributed by atoms with Gasteiger partial charge in [-0.05, 0) is 36.8 Å². The van der Waals surface area contributed by atoms with E-state index in [9.17, 15) is 22.9 Å². The van der Waals surface area contributed by atoms with Crippen LogP contribution in [0.3, 0.4) is 0 Å². The smallest absolute Gasteiger partial charge is 0.270 e. The van der Waals surface area contributed by atoms with Crippen molar-refractivity contribution in [1.29, 1.82) is 0 Å². The maximum atomic E-state index is 13.3. The molecule has 2 aromatic carbocycles. The zero-order chi connectivity index (χ0) is 24.7. The first-order chi connectivity index (χ1) is 16.8. The van der Waals surface area contributed by atoms with Crippen molar-refractivity contribution in [3.8, 4) is 5.69 Å². The van der Waals surface area contributed by atoms with Crippen LogP contribution in [0.2, 0.25) is 0 Å². The molecule has 1 aliphatic rings. The normalized spacial score (nSPS) is 15.0. The van der Waals surface area contributed by atoms with E-state index in [1.165, 1.54) is 39.6 Å². The van der Waals surface area contributed by atoms with E-state index < -0.39 is 14.9 Å². The third kappa shape index (κ3) is 4.06. The van der Waals surface area contributed by atoms with Crippen molar-refractivity contribution < 1.29 is 17.7 Å². The summed E-state index contributed by atoms with van der Waals surface area (Å²) in [6.07, 6.45) is 1.37. The van der Waals surface area contributed by atoms with Gasteiger partial charge in [0.25, 0.3) is 5.69 Å². The molecule has 0 spiro atoms. The minimum absolute atomic E-state index is 0.0770. The van der Waals surface area contributed by atoms with Crippen molar-refractivity contribution in [3.05, 3.63) is 70.3 Å². The van der Waals surface area contributed by atoms with Gasteiger partial charge >= 0.3 is 0 Å². The highest BCUT2D eigenvalue weighted by molar-refractivity contribution is 7.89. The SMILES string of the molecule is Cc1ccc([N+](=O)[O-])cc1S(=O)(=O)N1CCN(c2ncnc3c2nnn3-c2ccc(F)cc2)CC1. The lowest BCUT2D eigenvalue weighted by Gasteiger charge is -2.34. The fourth-order valence-electron chi connectivity index (χ4n) is 3.98. The van der Waals surface area contributed by atoms with Gasteiger partial charge in [0.2, 0.25) is 10.0 Å². The Labute approximate surface area is 198 Å². The van der Waals surface area contributed by atoms with Gasteiger partial charge in [-0.1, -0.05) is 11.3 Å². The van der Waals surface area contributed by atoms with Crippen molar-refractivity contribution in [1.82, 2.24) is 29.3 Å². The predicted molar refractivity (Wildman–Crippen MR) is 123 cm³/mol. The van der Waals surface area contributed by atoms with E-state index >= 15 is 0 Å². The van der Waals surface area contributed by atoms with Crippen LogP contribution in [0.1, 0.15) is 5.56 Å². The Hall–Kier alpha value is -4.04. The number of aromatic nitrogens is 5. The number of hydrogen-bond acceptors (Lipinski definition) is 9. The van der Waals surface area contributed by atoms with Crippen LogP contribution in [0.4, 0.5) is 15.9 Å². The molecule has 4 aromatic rings. The average molecular weight is 499 g/mol. The van der Waals surface area contributed by atoms with Gasteiger partial charge in [0, 0.05) is 38.3 Å². The van der Waals surface area contributed by atoms with Gasteiger partial charge in [-0.2, -0.15) is 8.99 Å². The van der Waals surface area contributed by atoms with Crippen molar-refractivity contribution in [2.24, 2.45) is 0 Å². The van der Waals surface area contributed by atoms with Crippen molar-refractivity contribution >= 4 is 32.7 Å². The maximum absolute atomic E-state index is 13.3. The Morgan fingerprint density at radius 3 is 2.43 bits per heavy atom. The topological polar surface area (TPSA) is 140 Å². The van der Waals surface area contributed by atoms with E-state index in [1.54, 1.807) is 19.1 Å². The number of sulfonamides is 1. The number of nitrogens with zero attached hydrogens (tertiary/aromatic N) is 8. The van der Waals surface area contributed by atoms with E-state index in [1.807, 2.05) is 4.90 Å². The van der Waals surface area contributed by atoms with Crippen LogP contribution < -0.4 is 4.90 Å². The minimum Gasteiger partial charge on any atom is -0.352 e. The van der Waals surface area contributed by atoms with E-state index in [-0.39, 0.29) is 29.5 Å². The number of piperazine rings is 1. The molecule has 12 nitrogen and oxygen atoms in total. The van der Waals surface area contributed by atoms with Gasteiger partial charge in [0.05, 0.1) is 15.5 Å². The standard InChI is InChI=1S/C21H19FN8O4S/c1-14-2-5-17(30(31)32)12-18(14)35(33,34)28-10-8-27(9-11-28)20-19-21(24-13-23-20)29(26-25-19)16-6-3-15(22)4-7-16/h2-7,12-13H,8-11H2,1H3. The lowest BCUT2D eigenvalue weighted by molar-refractivity contribution is -0.385. The Morgan fingerprint density at radius 1 is 1.03 bits per heavy atom. The molecule has 0 aliphatic carbocycles. The zero-order valence-corrected chi connectivity index (χ0v) is 19.3. The summed E-state index contributed by atoms with van der Waals surface area (Å²) in [5, 5.41) is 19.5. The Balaban J connectivity index is 1.39. The number of aryl methyl sites for hydroxylation is 1. The first kappa shape index (κ1) is 22.7. The minimum atomic E-state index is -3.93. The molecule has 1 saturated heterocycles. The maximum Gasteiger partial charge on any atom is 0.270 e. The summed E-state index contributed by atoms with van der Waals surface area (Å²) in [7, 11) is -3.93. The van der Waals surface area contributed by atoms with Crippen molar-refractivity contribution in [2.75, 3.05) is 31.1 Å². The Morgan fingerprint density at radius 2 is 1.74 bits per heavy atom. The summed E-state index contributed by atoms with van der Waals surface area (Å²) in [4.78, 5) is 20.9. The summed E-state index contributed by atoms with van der Waals surface area (Å²) in [6.45, 7) is 2.56. The summed E-state index contributed by atoms with van der Waals surface area (Å²) >= 11 is 0. The van der Waals surface area contributed by atoms with Crippen LogP contribution in [-0.2, 0) is 10.0 Å². The number of nitro groups is 1. The molecule has 180 valence electrons. The highest BCUT2D eigenvalue weighted by Crippen LogP contribution is 2.28. The molecule has 0 N–H and O–H groups in total. The van der Waals surface area contributed by atoms with Crippen molar-refractivity contribution in [2.45, 2.75) is 11.8 Å². The molecule has 14 heteroatoms. The molecule has 0 saturated carbocycles. The largest absolute Gasteiger partial charge is 0.352 e. The molecule has 35 heavy (non-hydrogen) atoms. The molecule has 1 aliphatic heterocycles. The fourth-order valence-corrected chi connectivity index (χ4v) is 5.65. The third-order valence-corrected chi connectivity index (χ3v) is 7.87. The van der Waals surface area contributed by atoms with E-state index in [0.29, 0.717) is 41.3 Å². The first-order valence-corrected chi connectivity index (χ1v) is 12.0. The molecular weight excluding hydrogens is 479 g/mol. The quantitative estimate of drug-likeness (QED) is 0.299. The van der Waals surface area contributed by atoms with Crippen LogP contribution >= 0.6 is 0 Å². The lowest BCUT2D eigenvalue weighted by atomic mass is 10.2. The number of nitro benzene ring substituents is 1. The number of rotatable bonds is 5. The van der Waals surface area contributed by atoms with Crippen LogP contribution in [0.15, 0.2) is 53.7 Å². The van der Waals surface area contributed by atoms with Crippen LogP contribution in [0.25, 0.3) is 16.9 Å². The number of halogens is 1. The molecule has 0 bridgehead atoms. The lowest BCUT2D eigenvalue weighted by Crippen LogP contribution is -2.49. The second-order valence-corrected chi connectivity index (χ2v) is 9.85. The number of anilines is 1. The summed E-state index contributed by atoms with van der Waals surface area (Å²) in [5.41, 5.74) is 1.61. The molecule has 5 rings (SSSR count). The highest BCUT2D eigenvalue weighted by atomic mass is 32.2. The molecule has 0 atom stereocenters. The van der Waals surface area contributed by atoms with Gasteiger partial charge in [0.15, 0.2) is 17.0 Å². The van der Waals surface area contributed by atoms with Gasteiger partial charge < -0.3 is 4.90 Å². The molecule has 0 radical (unpaired) electrons. The molecule has 0 unspecified atom stereocenters. The van der Waals surface area contributed by atoms with E-state index in [0.717, 1.165) is 6.07 Å². The van der Waals surface area contributed by atoms with E-state index in [4.69, 9.17) is 0 Å². The molecule has 3 heterocycles. The Kier molecular flexibility index (Phi) is 5.61. The zero-order valence-electron chi connectivity index (χ0n) is 18.4. The fraction of sp³-hybridized carbons (Fsp3) is 0.238. The van der Waals surface area contributed by atoms with Crippen molar-refractivity contribution in [3.63, 3.8) is 0 Å². The molecule has 2 aromatic heterocycles.